The van der Waals surface area contributed by atoms with E-state index in [1.165, 1.54) is 6.42 Å². The number of nitrogens with zero attached hydrogens (tertiary/aromatic N) is 1. The second-order valence-electron chi connectivity index (χ2n) is 11.4. The van der Waals surface area contributed by atoms with Gasteiger partial charge in [0.25, 0.3) is 0 Å². The predicted octanol–water partition coefficient (Wildman–Crippen LogP) is 3.23. The molecule has 2 bridgehead atoms. The first kappa shape index (κ1) is 27.0. The normalized spacial score (nSPS) is 34.0. The molecule has 1 aromatic carbocycles. The quantitative estimate of drug-likeness (QED) is 0.403. The highest BCUT2D eigenvalue weighted by Crippen LogP contribution is 2.68. The van der Waals surface area contributed by atoms with Gasteiger partial charge in [0.05, 0.1) is 29.2 Å². The third-order valence-corrected chi connectivity index (χ3v) is 12.1. The molecule has 7 atom stereocenters. The second kappa shape index (κ2) is 10.9. The molecule has 0 radical (unpaired) electrons. The molecule has 1 saturated carbocycles. The summed E-state index contributed by atoms with van der Waals surface area (Å²) in [7, 11) is 0. The summed E-state index contributed by atoms with van der Waals surface area (Å²) >= 11 is 5.47. The van der Waals surface area contributed by atoms with E-state index in [9.17, 15) is 19.5 Å². The molecule has 3 heterocycles. The molecule has 0 aromatic heterocycles. The Morgan fingerprint density at radius 3 is 2.51 bits per heavy atom. The summed E-state index contributed by atoms with van der Waals surface area (Å²) in [6.07, 6.45) is 5.95. The molecule has 1 spiro atoms. The highest BCUT2D eigenvalue weighted by molar-refractivity contribution is 9.09. The van der Waals surface area contributed by atoms with E-state index in [2.05, 4.69) is 26.6 Å². The first-order valence-electron chi connectivity index (χ1n) is 13.7. The van der Waals surface area contributed by atoms with E-state index < -0.39 is 28.7 Å². The Labute approximate surface area is 232 Å². The zero-order valence-electron chi connectivity index (χ0n) is 21.6. The lowest BCUT2D eigenvalue weighted by Gasteiger charge is -2.39. The van der Waals surface area contributed by atoms with Crippen molar-refractivity contribution in [3.8, 4) is 0 Å². The summed E-state index contributed by atoms with van der Waals surface area (Å²) < 4.78 is -0.689. The van der Waals surface area contributed by atoms with Gasteiger partial charge in [-0.15, -0.1) is 11.8 Å². The Balaban J connectivity index is 1.46. The van der Waals surface area contributed by atoms with Gasteiger partial charge in [-0.05, 0) is 30.7 Å². The van der Waals surface area contributed by atoms with Crippen LogP contribution in [-0.4, -0.2) is 67.3 Å². The third-order valence-electron chi connectivity index (χ3n) is 8.85. The van der Waals surface area contributed by atoms with Gasteiger partial charge in [0.1, 0.15) is 6.04 Å². The van der Waals surface area contributed by atoms with Crippen LogP contribution in [0, 0.1) is 17.8 Å². The summed E-state index contributed by atoms with van der Waals surface area (Å²) in [4.78, 5) is 43.6. The van der Waals surface area contributed by atoms with Gasteiger partial charge in [0.2, 0.25) is 17.7 Å². The number of halogens is 1. The van der Waals surface area contributed by atoms with Crippen molar-refractivity contribution in [3.63, 3.8) is 0 Å². The van der Waals surface area contributed by atoms with E-state index in [4.69, 9.17) is 0 Å². The number of aliphatic hydroxyl groups excluding tert-OH is 1. The fraction of sp³-hybridized carbons (Fsp3) is 0.679. The van der Waals surface area contributed by atoms with E-state index in [1.54, 1.807) is 16.7 Å². The number of thioether (sulfide) groups is 1. The molecule has 3 saturated heterocycles. The molecule has 3 N–H and O–H groups in total. The van der Waals surface area contributed by atoms with Crippen LogP contribution in [0.3, 0.4) is 0 Å². The molecule has 202 valence electrons. The highest BCUT2D eigenvalue weighted by Gasteiger charge is 2.76. The van der Waals surface area contributed by atoms with Gasteiger partial charge in [-0.25, -0.2) is 0 Å². The number of amides is 3. The summed E-state index contributed by atoms with van der Waals surface area (Å²) in [5.74, 6) is -1.56. The van der Waals surface area contributed by atoms with Crippen LogP contribution in [-0.2, 0) is 20.9 Å². The maximum Gasteiger partial charge on any atom is 0.244 e. The van der Waals surface area contributed by atoms with Crippen LogP contribution in [0.1, 0.15) is 57.9 Å². The maximum atomic E-state index is 14.2. The van der Waals surface area contributed by atoms with Gasteiger partial charge in [-0.1, -0.05) is 79.4 Å². The largest absolute Gasteiger partial charge is 0.394 e. The molecule has 3 aliphatic heterocycles. The lowest BCUT2D eigenvalue weighted by molar-refractivity contribution is -0.143. The van der Waals surface area contributed by atoms with Crippen molar-refractivity contribution in [3.05, 3.63) is 35.9 Å². The van der Waals surface area contributed by atoms with Gasteiger partial charge in [-0.3, -0.25) is 14.4 Å². The highest BCUT2D eigenvalue weighted by atomic mass is 79.9. The number of carbonyl (C=O) groups is 3. The number of fused-ring (bicyclic) bond motifs is 1. The molecule has 4 aliphatic rings. The van der Waals surface area contributed by atoms with Crippen LogP contribution in [0.2, 0.25) is 0 Å². The molecular formula is C28H38BrN3O4S. The summed E-state index contributed by atoms with van der Waals surface area (Å²) in [5, 5.41) is 16.6. The minimum atomic E-state index is -0.701. The standard InChI is InChI=1S/C28H38BrN3O4S/c1-16(2)20(15-33)32-24(26(35)31-18-11-7-4-8-12-18)28-13-19(29)23(37-28)21(22(28)27(32)36)25(34)30-14-17-9-5-3-6-10-17/h3,5-6,9-10,16,18-24,33H,4,7-8,11-15H2,1-2H3,(H,30,34)(H,31,35)/t19?,20-,21-,22-,23-,24?,28?/m0/s1. The van der Waals surface area contributed by atoms with Gasteiger partial charge in [0.15, 0.2) is 0 Å². The lowest BCUT2D eigenvalue weighted by atomic mass is 9.70. The fourth-order valence-electron chi connectivity index (χ4n) is 7.07. The topological polar surface area (TPSA) is 98.7 Å². The first-order valence-corrected chi connectivity index (χ1v) is 15.4. The van der Waals surface area contributed by atoms with Crippen LogP contribution in [0.5, 0.6) is 0 Å². The van der Waals surface area contributed by atoms with Gasteiger partial charge in [-0.2, -0.15) is 0 Å². The Morgan fingerprint density at radius 2 is 1.86 bits per heavy atom. The molecule has 7 nitrogen and oxygen atoms in total. The van der Waals surface area contributed by atoms with Crippen molar-refractivity contribution >= 4 is 45.4 Å². The molecule has 3 unspecified atom stereocenters. The third kappa shape index (κ3) is 4.73. The molecule has 1 aliphatic carbocycles. The van der Waals surface area contributed by atoms with E-state index in [0.29, 0.717) is 13.0 Å². The Bertz CT molecular complexity index is 1020. The smallest absolute Gasteiger partial charge is 0.244 e. The Morgan fingerprint density at radius 1 is 1.16 bits per heavy atom. The van der Waals surface area contributed by atoms with E-state index in [0.717, 1.165) is 31.2 Å². The molecule has 9 heteroatoms. The van der Waals surface area contributed by atoms with Crippen molar-refractivity contribution in [1.82, 2.24) is 15.5 Å². The van der Waals surface area contributed by atoms with Crippen molar-refractivity contribution in [2.45, 2.75) is 91.9 Å². The number of hydrogen-bond donors (Lipinski definition) is 3. The average Bonchev–Trinajstić information content (AvgIpc) is 3.48. The SMILES string of the molecule is CC(C)[C@H](CO)N1C(=O)[C@@H]2[C@H](C(=O)NCc3ccccc3)[C@H]3SC2(CC3Br)C1C(=O)NC1CCCCC1. The van der Waals surface area contributed by atoms with Gasteiger partial charge < -0.3 is 20.6 Å². The van der Waals surface area contributed by atoms with Crippen molar-refractivity contribution in [2.75, 3.05) is 6.61 Å². The number of nitrogens with one attached hydrogen (secondary N) is 2. The van der Waals surface area contributed by atoms with Crippen LogP contribution >= 0.6 is 27.7 Å². The molecule has 3 amide bonds. The minimum absolute atomic E-state index is 0.0264. The van der Waals surface area contributed by atoms with Crippen molar-refractivity contribution in [2.24, 2.45) is 17.8 Å². The van der Waals surface area contributed by atoms with Crippen molar-refractivity contribution in [1.29, 1.82) is 0 Å². The number of likely N-dealkylation sites (tertiary alicyclic amines) is 1. The monoisotopic (exact) mass is 591 g/mol. The molecule has 5 rings (SSSR count). The van der Waals surface area contributed by atoms with Gasteiger partial charge in [0, 0.05) is 22.7 Å². The first-order chi connectivity index (χ1) is 17.8. The predicted molar refractivity (Wildman–Crippen MR) is 148 cm³/mol. The fourth-order valence-corrected chi connectivity index (χ4v) is 10.7. The van der Waals surface area contributed by atoms with E-state index in [-0.39, 0.29) is 46.4 Å². The minimum Gasteiger partial charge on any atom is -0.394 e. The Kier molecular flexibility index (Phi) is 7.95. The van der Waals surface area contributed by atoms with Crippen molar-refractivity contribution < 1.29 is 19.5 Å². The second-order valence-corrected chi connectivity index (χ2v) is 14.2. The summed E-state index contributed by atoms with van der Waals surface area (Å²) in [6.45, 7) is 4.13. The van der Waals surface area contributed by atoms with Crippen LogP contribution in [0.15, 0.2) is 30.3 Å². The number of alkyl halides is 1. The summed E-state index contributed by atoms with van der Waals surface area (Å²) in [5.41, 5.74) is 1.00. The number of rotatable bonds is 8. The van der Waals surface area contributed by atoms with Gasteiger partial charge >= 0.3 is 0 Å². The zero-order valence-corrected chi connectivity index (χ0v) is 24.0. The van der Waals surface area contributed by atoms with Crippen LogP contribution < -0.4 is 10.6 Å². The maximum absolute atomic E-state index is 14.2. The number of benzene rings is 1. The zero-order chi connectivity index (χ0) is 26.3. The number of hydrogen-bond acceptors (Lipinski definition) is 5. The molecule has 37 heavy (non-hydrogen) atoms. The molecule has 1 aromatic rings. The summed E-state index contributed by atoms with van der Waals surface area (Å²) in [6, 6.07) is 8.69. The molecular weight excluding hydrogens is 554 g/mol. The van der Waals surface area contributed by atoms with E-state index in [1.807, 2.05) is 44.2 Å². The van der Waals surface area contributed by atoms with Crippen LogP contribution in [0.25, 0.3) is 0 Å². The lowest BCUT2D eigenvalue weighted by Crippen LogP contribution is -2.59. The Hall–Kier alpha value is -1.58. The molecule has 4 fully saturated rings. The number of aliphatic hydroxyl groups is 1. The number of carbonyl (C=O) groups excluding carboxylic acids is 3. The van der Waals surface area contributed by atoms with Crippen LogP contribution in [0.4, 0.5) is 0 Å². The average molecular weight is 593 g/mol. The van der Waals surface area contributed by atoms with E-state index >= 15 is 0 Å².